The van der Waals surface area contributed by atoms with Gasteiger partial charge in [0.2, 0.25) is 7.27 Å². The molecule has 77 valence electrons. The molecule has 0 atom stereocenters. The van der Waals surface area contributed by atoms with E-state index in [9.17, 15) is 18.2 Å². The Morgan fingerprint density at radius 3 is 1.93 bits per heavy atom. The molecule has 2 rings (SSSR count). The Morgan fingerprint density at radius 2 is 1.53 bits per heavy atom. The quantitative estimate of drug-likeness (QED) is 0.542. The van der Waals surface area contributed by atoms with Crippen LogP contribution < -0.4 is 0 Å². The highest BCUT2D eigenvalue weighted by Gasteiger charge is 2.34. The lowest BCUT2D eigenvalue weighted by atomic mass is 9.99. The van der Waals surface area contributed by atoms with Crippen LogP contribution in [0.1, 0.15) is 20.7 Å². The molecule has 0 N–H and O–H groups in total. The standard InChI is InChI=1S/C9H6BF2NO2/c11-10(12)5-13-8(14)6-3-1-2-4-7(6)9(13)15/h1-4H,5H2/q-1. The fraction of sp³-hybridized carbons (Fsp3) is 0.111. The van der Waals surface area contributed by atoms with Crippen LogP contribution in [-0.4, -0.2) is 30.4 Å². The lowest BCUT2D eigenvalue weighted by Gasteiger charge is -2.18. The first kappa shape index (κ1) is 9.83. The molecule has 0 saturated carbocycles. The van der Waals surface area contributed by atoms with E-state index in [4.69, 9.17) is 0 Å². The first-order valence-corrected chi connectivity index (χ1v) is 4.34. The number of halogens is 2. The maximum absolute atomic E-state index is 12.1. The first-order valence-electron chi connectivity index (χ1n) is 4.34. The van der Waals surface area contributed by atoms with Crippen LogP contribution in [0.5, 0.6) is 0 Å². The maximum atomic E-state index is 12.1. The van der Waals surface area contributed by atoms with Gasteiger partial charge in [0.1, 0.15) is 0 Å². The van der Waals surface area contributed by atoms with Gasteiger partial charge in [-0.2, -0.15) is 0 Å². The van der Waals surface area contributed by atoms with Gasteiger partial charge in [-0.15, -0.1) is 0 Å². The summed E-state index contributed by atoms with van der Waals surface area (Å²) in [7, 11) is -2.70. The number of rotatable bonds is 2. The van der Waals surface area contributed by atoms with Crippen molar-refractivity contribution in [2.24, 2.45) is 0 Å². The Labute approximate surface area is 84.9 Å². The Bertz CT molecular complexity index is 401. The van der Waals surface area contributed by atoms with E-state index in [0.717, 1.165) is 0 Å². The molecule has 2 amide bonds. The molecule has 1 aromatic carbocycles. The van der Waals surface area contributed by atoms with Gasteiger partial charge in [0, 0.05) is 0 Å². The van der Waals surface area contributed by atoms with E-state index in [1.165, 1.54) is 12.1 Å². The first-order chi connectivity index (χ1) is 7.11. The van der Waals surface area contributed by atoms with Crippen LogP contribution in [0.25, 0.3) is 0 Å². The molecule has 0 fully saturated rings. The predicted octanol–water partition coefficient (Wildman–Crippen LogP) is 1.25. The summed E-state index contributed by atoms with van der Waals surface area (Å²) >= 11 is 0. The topological polar surface area (TPSA) is 37.4 Å². The number of nitrogens with zero attached hydrogens (tertiary/aromatic N) is 1. The average molecular weight is 209 g/mol. The molecule has 0 aliphatic carbocycles. The third kappa shape index (κ3) is 1.52. The Hall–Kier alpha value is -1.72. The Morgan fingerprint density at radius 1 is 1.07 bits per heavy atom. The van der Waals surface area contributed by atoms with Crippen molar-refractivity contribution in [3.8, 4) is 0 Å². The number of imide groups is 1. The third-order valence-corrected chi connectivity index (χ3v) is 2.20. The zero-order chi connectivity index (χ0) is 11.0. The van der Waals surface area contributed by atoms with Crippen molar-refractivity contribution in [1.29, 1.82) is 0 Å². The molecule has 6 heteroatoms. The number of hydrogen-bond acceptors (Lipinski definition) is 2. The molecule has 1 radical (unpaired) electrons. The molecule has 1 aliphatic rings. The van der Waals surface area contributed by atoms with Crippen LogP contribution in [0.4, 0.5) is 8.63 Å². The molecule has 1 aliphatic heterocycles. The van der Waals surface area contributed by atoms with Crippen LogP contribution in [0.2, 0.25) is 0 Å². The van der Waals surface area contributed by atoms with Crippen LogP contribution in [0.3, 0.4) is 0 Å². The van der Waals surface area contributed by atoms with E-state index < -0.39 is 25.5 Å². The number of amides is 2. The molecule has 0 saturated heterocycles. The van der Waals surface area contributed by atoms with Gasteiger partial charge in [-0.25, -0.2) is 0 Å². The molecule has 15 heavy (non-hydrogen) atoms. The molecule has 3 nitrogen and oxygen atoms in total. The van der Waals surface area contributed by atoms with Gasteiger partial charge in [0.15, 0.2) is 0 Å². The van der Waals surface area contributed by atoms with Crippen molar-refractivity contribution in [3.63, 3.8) is 0 Å². The van der Waals surface area contributed by atoms with Gasteiger partial charge in [-0.3, -0.25) is 9.59 Å². The number of carbonyl (C=O) groups is 2. The number of fused-ring (bicyclic) bond motifs is 1. The van der Waals surface area contributed by atoms with E-state index in [2.05, 4.69) is 0 Å². The second kappa shape index (κ2) is 3.45. The van der Waals surface area contributed by atoms with Gasteiger partial charge in [0.05, 0.1) is 11.1 Å². The predicted molar refractivity (Wildman–Crippen MR) is 49.8 cm³/mol. The smallest absolute Gasteiger partial charge is 0.258 e. The van der Waals surface area contributed by atoms with Crippen LogP contribution in [0.15, 0.2) is 24.3 Å². The summed E-state index contributed by atoms with van der Waals surface area (Å²) in [6, 6.07) is 6.11. The number of benzene rings is 1. The lowest BCUT2D eigenvalue weighted by Crippen LogP contribution is -2.35. The van der Waals surface area contributed by atoms with Crippen molar-refractivity contribution < 1.29 is 18.2 Å². The summed E-state index contributed by atoms with van der Waals surface area (Å²) in [4.78, 5) is 23.6. The van der Waals surface area contributed by atoms with E-state index in [0.29, 0.717) is 4.90 Å². The van der Waals surface area contributed by atoms with E-state index in [-0.39, 0.29) is 11.1 Å². The van der Waals surface area contributed by atoms with Crippen LogP contribution >= 0.6 is 0 Å². The minimum Gasteiger partial charge on any atom is -0.509 e. The third-order valence-electron chi connectivity index (χ3n) is 2.20. The van der Waals surface area contributed by atoms with Crippen molar-refractivity contribution >= 4 is 19.1 Å². The number of hydrogen-bond donors (Lipinski definition) is 0. The molecule has 0 spiro atoms. The summed E-state index contributed by atoms with van der Waals surface area (Å²) in [5, 5.41) is 0. The fourth-order valence-corrected chi connectivity index (χ4v) is 1.54. The van der Waals surface area contributed by atoms with Gasteiger partial charge in [0.25, 0.3) is 11.8 Å². The molecule has 0 aromatic heterocycles. The highest BCUT2D eigenvalue weighted by molar-refractivity contribution is 6.44. The van der Waals surface area contributed by atoms with E-state index in [1.54, 1.807) is 12.1 Å². The highest BCUT2D eigenvalue weighted by atomic mass is 19.2. The highest BCUT2D eigenvalue weighted by Crippen LogP contribution is 2.22. The summed E-state index contributed by atoms with van der Waals surface area (Å²) < 4.78 is 24.2. The molecular formula is C9H6BF2NO2-. The summed E-state index contributed by atoms with van der Waals surface area (Å²) in [6.07, 6.45) is -0.841. The zero-order valence-electron chi connectivity index (χ0n) is 7.61. The molecule has 1 aromatic rings. The van der Waals surface area contributed by atoms with Gasteiger partial charge >= 0.3 is 0 Å². The van der Waals surface area contributed by atoms with Crippen molar-refractivity contribution in [1.82, 2.24) is 4.90 Å². The largest absolute Gasteiger partial charge is 0.509 e. The SMILES string of the molecule is O=C1c2ccccc2C(=O)N1C[B-](F)F. The van der Waals surface area contributed by atoms with Gasteiger partial charge < -0.3 is 13.5 Å². The molecular weight excluding hydrogens is 203 g/mol. The van der Waals surface area contributed by atoms with Crippen LogP contribution in [-0.2, 0) is 0 Å². The second-order valence-corrected chi connectivity index (χ2v) is 3.16. The summed E-state index contributed by atoms with van der Waals surface area (Å²) in [6.45, 7) is 0. The van der Waals surface area contributed by atoms with E-state index in [1.807, 2.05) is 0 Å². The maximum Gasteiger partial charge on any atom is 0.258 e. The van der Waals surface area contributed by atoms with Crippen molar-refractivity contribution in [2.75, 3.05) is 6.44 Å². The van der Waals surface area contributed by atoms with Gasteiger partial charge in [-0.1, -0.05) is 18.6 Å². The van der Waals surface area contributed by atoms with E-state index >= 15 is 0 Å². The monoisotopic (exact) mass is 209 g/mol. The minimum atomic E-state index is -2.70. The minimum absolute atomic E-state index is 0.197. The average Bonchev–Trinajstić information content (AvgIpc) is 2.44. The molecule has 1 heterocycles. The summed E-state index contributed by atoms with van der Waals surface area (Å²) in [5.41, 5.74) is 0.395. The fourth-order valence-electron chi connectivity index (χ4n) is 1.54. The lowest BCUT2D eigenvalue weighted by molar-refractivity contribution is 0.0674. The zero-order valence-corrected chi connectivity index (χ0v) is 7.61. The molecule has 0 bridgehead atoms. The Balaban J connectivity index is 2.37. The Kier molecular flexibility index (Phi) is 2.26. The second-order valence-electron chi connectivity index (χ2n) is 3.16. The van der Waals surface area contributed by atoms with Crippen molar-refractivity contribution in [3.05, 3.63) is 35.4 Å². The van der Waals surface area contributed by atoms with Crippen molar-refractivity contribution in [2.45, 2.75) is 0 Å². The van der Waals surface area contributed by atoms with Crippen LogP contribution in [0, 0.1) is 0 Å². The molecule has 0 unspecified atom stereocenters. The number of carbonyl (C=O) groups excluding carboxylic acids is 2. The van der Waals surface area contributed by atoms with Gasteiger partial charge in [-0.05, 0) is 12.1 Å². The summed E-state index contributed by atoms with van der Waals surface area (Å²) in [5.74, 6) is -1.29. The normalized spacial score (nSPS) is 15.0.